The number of fused-ring (bicyclic) bond motifs is 1. The second kappa shape index (κ2) is 7.39. The number of carbonyl (C=O) groups excluding carboxylic acids is 1. The summed E-state index contributed by atoms with van der Waals surface area (Å²) in [7, 11) is 0. The lowest BCUT2D eigenvalue weighted by atomic mass is 9.72. The molecule has 0 aliphatic heterocycles. The number of phenols is 1. The first-order valence-corrected chi connectivity index (χ1v) is 9.83. The Morgan fingerprint density at radius 2 is 1.72 bits per heavy atom. The smallest absolute Gasteiger partial charge is 0.314 e. The number of hydrogen-bond donors (Lipinski definition) is 2. The van der Waals surface area contributed by atoms with Gasteiger partial charge in [0.05, 0.1) is 21.0 Å². The number of hydrogen-bond acceptors (Lipinski definition) is 3. The van der Waals surface area contributed by atoms with Crippen LogP contribution in [0.1, 0.15) is 42.4 Å². The number of aromatic hydroxyl groups is 1. The Morgan fingerprint density at radius 1 is 1.07 bits per heavy atom. The Labute approximate surface area is 178 Å². The third kappa shape index (κ3) is 3.28. The van der Waals surface area contributed by atoms with E-state index in [0.29, 0.717) is 32.7 Å². The third-order valence-corrected chi connectivity index (χ3v) is 6.41. The predicted molar refractivity (Wildman–Crippen MR) is 114 cm³/mol. The molecule has 0 aliphatic rings. The fourth-order valence-electron chi connectivity index (χ4n) is 3.72. The molecule has 0 fully saturated rings. The van der Waals surface area contributed by atoms with E-state index in [9.17, 15) is 19.8 Å². The number of carboxylic acids is 1. The molecule has 2 aromatic carbocycles. The van der Waals surface area contributed by atoms with Crippen LogP contribution in [0.5, 0.6) is 5.75 Å². The number of rotatable bonds is 4. The van der Waals surface area contributed by atoms with E-state index in [-0.39, 0.29) is 22.6 Å². The van der Waals surface area contributed by atoms with E-state index < -0.39 is 11.4 Å². The minimum absolute atomic E-state index is 0.00520. The average molecular weight is 434 g/mol. The van der Waals surface area contributed by atoms with Crippen molar-refractivity contribution in [3.05, 3.63) is 63.3 Å². The molecule has 0 saturated heterocycles. The molecule has 0 saturated carbocycles. The minimum atomic E-state index is -1.26. The number of carboxylic acid groups (broad SMARTS) is 1. The van der Waals surface area contributed by atoms with Crippen molar-refractivity contribution in [3.63, 3.8) is 0 Å². The fourth-order valence-corrected chi connectivity index (χ4v) is 4.02. The molecule has 1 aromatic heterocycles. The van der Waals surface area contributed by atoms with Crippen LogP contribution in [0.3, 0.4) is 0 Å². The summed E-state index contributed by atoms with van der Waals surface area (Å²) in [4.78, 5) is 25.6. The summed E-state index contributed by atoms with van der Waals surface area (Å²) in [5.74, 6) is -1.63. The summed E-state index contributed by atoms with van der Waals surface area (Å²) in [6.45, 7) is 6.99. The van der Waals surface area contributed by atoms with Crippen molar-refractivity contribution in [1.82, 2.24) is 4.57 Å². The van der Waals surface area contributed by atoms with E-state index in [2.05, 4.69) is 0 Å². The summed E-state index contributed by atoms with van der Waals surface area (Å²) in [5.41, 5.74) is 0.568. The molecule has 0 unspecified atom stereocenters. The van der Waals surface area contributed by atoms with Crippen molar-refractivity contribution in [2.45, 2.75) is 33.1 Å². The van der Waals surface area contributed by atoms with Gasteiger partial charge in [0.2, 0.25) is 0 Å². The van der Waals surface area contributed by atoms with Crippen LogP contribution in [0.2, 0.25) is 10.0 Å². The normalized spacial score (nSPS) is 13.6. The van der Waals surface area contributed by atoms with Crippen LogP contribution in [-0.4, -0.2) is 26.7 Å². The average Bonchev–Trinajstić information content (AvgIpc) is 2.93. The summed E-state index contributed by atoms with van der Waals surface area (Å²) >= 11 is 12.0. The highest BCUT2D eigenvalue weighted by Gasteiger charge is 2.43. The molecule has 0 radical (unpaired) electrons. The number of carbonyl (C=O) groups is 2. The Balaban J connectivity index is 2.38. The van der Waals surface area contributed by atoms with Gasteiger partial charge in [-0.25, -0.2) is 0 Å². The topological polar surface area (TPSA) is 79.5 Å². The SMILES string of the molecule is Cc1c([C@](C)(C(=O)O)C(C)C)c2cc(O)ccc2n1C(=O)c1ccc(Cl)c(Cl)c1. The number of aliphatic carboxylic acids is 1. The Kier molecular flexibility index (Phi) is 5.41. The van der Waals surface area contributed by atoms with Crippen molar-refractivity contribution < 1.29 is 19.8 Å². The van der Waals surface area contributed by atoms with Gasteiger partial charge in [-0.05, 0) is 61.7 Å². The number of nitrogens with zero attached hydrogens (tertiary/aromatic N) is 1. The maximum absolute atomic E-state index is 13.4. The van der Waals surface area contributed by atoms with E-state index in [1.807, 2.05) is 13.8 Å². The zero-order valence-electron chi connectivity index (χ0n) is 16.5. The Hall–Kier alpha value is -2.50. The zero-order valence-corrected chi connectivity index (χ0v) is 18.0. The lowest BCUT2D eigenvalue weighted by Gasteiger charge is -2.30. The molecule has 3 aromatic rings. The molecule has 0 amide bonds. The lowest BCUT2D eigenvalue weighted by molar-refractivity contribution is -0.145. The minimum Gasteiger partial charge on any atom is -0.508 e. The second-order valence-electron chi connectivity index (χ2n) is 7.59. The molecular formula is C22H21Cl2NO4. The van der Waals surface area contributed by atoms with Gasteiger partial charge in [0.15, 0.2) is 0 Å². The molecule has 29 heavy (non-hydrogen) atoms. The second-order valence-corrected chi connectivity index (χ2v) is 8.41. The maximum atomic E-state index is 13.4. The van der Waals surface area contributed by atoms with Gasteiger partial charge >= 0.3 is 5.97 Å². The third-order valence-electron chi connectivity index (χ3n) is 5.68. The van der Waals surface area contributed by atoms with E-state index in [1.165, 1.54) is 22.8 Å². The van der Waals surface area contributed by atoms with Crippen molar-refractivity contribution >= 4 is 46.0 Å². The van der Waals surface area contributed by atoms with Gasteiger partial charge in [0.25, 0.3) is 5.91 Å². The van der Waals surface area contributed by atoms with E-state index in [1.54, 1.807) is 32.0 Å². The highest BCUT2D eigenvalue weighted by Crippen LogP contribution is 2.42. The van der Waals surface area contributed by atoms with Crippen molar-refractivity contribution in [2.24, 2.45) is 5.92 Å². The molecule has 0 bridgehead atoms. The molecule has 152 valence electrons. The summed E-state index contributed by atoms with van der Waals surface area (Å²) < 4.78 is 1.47. The van der Waals surface area contributed by atoms with Crippen LogP contribution in [0.15, 0.2) is 36.4 Å². The molecule has 2 N–H and O–H groups in total. The number of aromatic nitrogens is 1. The first kappa shape index (κ1) is 21.2. The molecule has 7 heteroatoms. The van der Waals surface area contributed by atoms with E-state index in [4.69, 9.17) is 23.2 Å². The first-order valence-electron chi connectivity index (χ1n) is 9.07. The molecule has 0 aliphatic carbocycles. The first-order chi connectivity index (χ1) is 13.5. The molecular weight excluding hydrogens is 413 g/mol. The fraction of sp³-hybridized carbons (Fsp3) is 0.273. The van der Waals surface area contributed by atoms with E-state index >= 15 is 0 Å². The zero-order chi connectivity index (χ0) is 21.7. The molecule has 1 heterocycles. The summed E-state index contributed by atoms with van der Waals surface area (Å²) in [6.07, 6.45) is 0. The van der Waals surface area contributed by atoms with Gasteiger partial charge < -0.3 is 10.2 Å². The molecule has 0 spiro atoms. The van der Waals surface area contributed by atoms with Crippen LogP contribution in [0, 0.1) is 12.8 Å². The summed E-state index contributed by atoms with van der Waals surface area (Å²) in [6, 6.07) is 9.17. The number of benzene rings is 2. The predicted octanol–water partition coefficient (Wildman–Crippen LogP) is 5.65. The Bertz CT molecular complexity index is 1150. The van der Waals surface area contributed by atoms with Crippen LogP contribution in [0.25, 0.3) is 10.9 Å². The van der Waals surface area contributed by atoms with Gasteiger partial charge in [-0.1, -0.05) is 37.0 Å². The van der Waals surface area contributed by atoms with Gasteiger partial charge in [-0.2, -0.15) is 0 Å². The van der Waals surface area contributed by atoms with Crippen LogP contribution >= 0.6 is 23.2 Å². The van der Waals surface area contributed by atoms with Gasteiger partial charge in [0, 0.05) is 16.6 Å². The molecule has 3 rings (SSSR count). The van der Waals surface area contributed by atoms with Gasteiger partial charge in [-0.3, -0.25) is 14.2 Å². The number of phenolic OH excluding ortho intramolecular Hbond substituents is 1. The highest BCUT2D eigenvalue weighted by atomic mass is 35.5. The summed E-state index contributed by atoms with van der Waals surface area (Å²) in [5, 5.41) is 21.2. The quantitative estimate of drug-likeness (QED) is 0.556. The van der Waals surface area contributed by atoms with Gasteiger partial charge in [0.1, 0.15) is 5.75 Å². The standard InChI is InChI=1S/C22H21Cl2NO4/c1-11(2)22(4,21(28)29)19-12(3)25(18-8-6-14(26)10-15(18)19)20(27)13-5-7-16(23)17(24)9-13/h5-11,26H,1-4H3,(H,28,29)/t22-/m1/s1. The lowest BCUT2D eigenvalue weighted by Crippen LogP contribution is -2.38. The largest absolute Gasteiger partial charge is 0.508 e. The van der Waals surface area contributed by atoms with E-state index in [0.717, 1.165) is 0 Å². The molecule has 5 nitrogen and oxygen atoms in total. The van der Waals surface area contributed by atoms with Crippen LogP contribution in [-0.2, 0) is 10.2 Å². The molecule has 1 atom stereocenters. The highest BCUT2D eigenvalue weighted by molar-refractivity contribution is 6.42. The Morgan fingerprint density at radius 3 is 2.28 bits per heavy atom. The van der Waals surface area contributed by atoms with Crippen LogP contribution < -0.4 is 0 Å². The van der Waals surface area contributed by atoms with Gasteiger partial charge in [-0.15, -0.1) is 0 Å². The number of halogens is 2. The van der Waals surface area contributed by atoms with Crippen molar-refractivity contribution in [3.8, 4) is 5.75 Å². The van der Waals surface area contributed by atoms with Crippen molar-refractivity contribution in [1.29, 1.82) is 0 Å². The maximum Gasteiger partial charge on any atom is 0.314 e. The monoisotopic (exact) mass is 433 g/mol. The van der Waals surface area contributed by atoms with Crippen LogP contribution in [0.4, 0.5) is 0 Å². The van der Waals surface area contributed by atoms with Crippen molar-refractivity contribution in [2.75, 3.05) is 0 Å².